The lowest BCUT2D eigenvalue weighted by molar-refractivity contribution is 0.0980. The molecule has 0 atom stereocenters. The molecule has 0 aromatic heterocycles. The number of hydrogen-bond donors (Lipinski definition) is 0. The summed E-state index contributed by atoms with van der Waals surface area (Å²) in [5, 5.41) is 0. The van der Waals surface area contributed by atoms with Gasteiger partial charge in [0.2, 0.25) is 0 Å². The second kappa shape index (κ2) is 6.48. The Balaban J connectivity index is 2.00. The van der Waals surface area contributed by atoms with Gasteiger partial charge in [-0.25, -0.2) is 8.78 Å². The Morgan fingerprint density at radius 3 is 2.43 bits per heavy atom. The van der Waals surface area contributed by atoms with Crippen LogP contribution in [0.15, 0.2) is 42.5 Å². The van der Waals surface area contributed by atoms with Crippen LogP contribution in [0.5, 0.6) is 0 Å². The maximum Gasteiger partial charge on any atom is 0.169 e. The smallest absolute Gasteiger partial charge is 0.169 e. The molecule has 0 N–H and O–H groups in total. The number of Topliss-reactive ketones (excluding diaryl/α,β-unsaturated/α-hetero) is 1. The number of nitrogens with zero attached hydrogens (tertiary/aromatic N) is 1. The van der Waals surface area contributed by atoms with E-state index >= 15 is 0 Å². The number of carbonyl (C=O) groups excluding carboxylic acids is 1. The number of carbonyl (C=O) groups is 1. The summed E-state index contributed by atoms with van der Waals surface area (Å²) in [7, 11) is 1.86. The van der Waals surface area contributed by atoms with Crippen molar-refractivity contribution in [3.63, 3.8) is 0 Å². The van der Waals surface area contributed by atoms with Crippen molar-refractivity contribution < 1.29 is 13.6 Å². The van der Waals surface area contributed by atoms with Crippen molar-refractivity contribution in [2.45, 2.75) is 13.3 Å². The lowest BCUT2D eigenvalue weighted by Gasteiger charge is -2.19. The molecule has 0 saturated carbocycles. The van der Waals surface area contributed by atoms with Gasteiger partial charge in [0, 0.05) is 25.7 Å². The maximum atomic E-state index is 13.5. The normalized spacial score (nSPS) is 10.5. The van der Waals surface area contributed by atoms with Crippen LogP contribution >= 0.6 is 0 Å². The SMILES string of the molecule is Cc1ccc(N(C)CCC(=O)c2cccc(F)c2F)cc1. The molecule has 0 unspecified atom stereocenters. The standard InChI is InChI=1S/C17H17F2NO/c1-12-6-8-13(9-7-12)20(2)11-10-16(21)14-4-3-5-15(18)17(14)19/h3-9H,10-11H2,1-2H3. The van der Waals surface area contributed by atoms with Gasteiger partial charge in [0.1, 0.15) is 0 Å². The van der Waals surface area contributed by atoms with Crippen LogP contribution in [0.3, 0.4) is 0 Å². The summed E-state index contributed by atoms with van der Waals surface area (Å²) in [4.78, 5) is 13.9. The Morgan fingerprint density at radius 1 is 1.10 bits per heavy atom. The third-order valence-corrected chi connectivity index (χ3v) is 3.40. The highest BCUT2D eigenvalue weighted by Gasteiger charge is 2.15. The highest BCUT2D eigenvalue weighted by atomic mass is 19.2. The second-order valence-corrected chi connectivity index (χ2v) is 5.03. The number of aryl methyl sites for hydroxylation is 1. The molecule has 0 saturated heterocycles. The van der Waals surface area contributed by atoms with Crippen molar-refractivity contribution in [3.8, 4) is 0 Å². The molecule has 0 bridgehead atoms. The van der Waals surface area contributed by atoms with E-state index in [0.29, 0.717) is 6.54 Å². The average Bonchev–Trinajstić information content (AvgIpc) is 2.48. The molecule has 0 fully saturated rings. The van der Waals surface area contributed by atoms with Crippen LogP contribution < -0.4 is 4.90 Å². The Hall–Kier alpha value is -2.23. The maximum absolute atomic E-state index is 13.5. The molecule has 2 aromatic carbocycles. The van der Waals surface area contributed by atoms with Gasteiger partial charge in [0.15, 0.2) is 17.4 Å². The number of halogens is 2. The first-order chi connectivity index (χ1) is 9.99. The van der Waals surface area contributed by atoms with Crippen LogP contribution in [0.4, 0.5) is 14.5 Å². The predicted molar refractivity (Wildman–Crippen MR) is 79.8 cm³/mol. The molecular formula is C17H17F2NO. The van der Waals surface area contributed by atoms with Gasteiger partial charge >= 0.3 is 0 Å². The number of anilines is 1. The van der Waals surface area contributed by atoms with Gasteiger partial charge in [-0.2, -0.15) is 0 Å². The number of benzene rings is 2. The van der Waals surface area contributed by atoms with E-state index in [1.165, 1.54) is 12.1 Å². The minimum absolute atomic E-state index is 0.130. The molecule has 4 heteroatoms. The molecule has 2 nitrogen and oxygen atoms in total. The van der Waals surface area contributed by atoms with E-state index in [2.05, 4.69) is 0 Å². The van der Waals surface area contributed by atoms with Gasteiger partial charge in [-0.15, -0.1) is 0 Å². The van der Waals surface area contributed by atoms with Gasteiger partial charge in [0.25, 0.3) is 0 Å². The summed E-state index contributed by atoms with van der Waals surface area (Å²) in [5.41, 5.74) is 1.95. The van der Waals surface area contributed by atoms with Crippen LogP contribution in [0.2, 0.25) is 0 Å². The van der Waals surface area contributed by atoms with Crippen molar-refractivity contribution in [1.29, 1.82) is 0 Å². The molecule has 0 aliphatic heterocycles. The van der Waals surface area contributed by atoms with Crippen molar-refractivity contribution in [1.82, 2.24) is 0 Å². The van der Waals surface area contributed by atoms with E-state index in [9.17, 15) is 13.6 Å². The Morgan fingerprint density at radius 2 is 1.76 bits per heavy atom. The molecule has 0 aliphatic rings. The Bertz CT molecular complexity index is 638. The lowest BCUT2D eigenvalue weighted by atomic mass is 10.1. The minimum Gasteiger partial charge on any atom is -0.374 e. The molecule has 110 valence electrons. The molecule has 2 rings (SSSR count). The van der Waals surface area contributed by atoms with Crippen LogP contribution in [-0.2, 0) is 0 Å². The van der Waals surface area contributed by atoms with Gasteiger partial charge in [0.05, 0.1) is 5.56 Å². The summed E-state index contributed by atoms with van der Waals surface area (Å²) in [6.07, 6.45) is 0.130. The summed E-state index contributed by atoms with van der Waals surface area (Å²) < 4.78 is 26.6. The first kappa shape index (κ1) is 15.2. The summed E-state index contributed by atoms with van der Waals surface area (Å²) in [5.74, 6) is -2.46. The average molecular weight is 289 g/mol. The number of ketones is 1. The Labute approximate surface area is 123 Å². The molecule has 0 amide bonds. The fraction of sp³-hybridized carbons (Fsp3) is 0.235. The van der Waals surface area contributed by atoms with E-state index in [0.717, 1.165) is 17.3 Å². The van der Waals surface area contributed by atoms with Crippen molar-refractivity contribution >= 4 is 11.5 Å². The fourth-order valence-corrected chi connectivity index (χ4v) is 2.05. The van der Waals surface area contributed by atoms with Gasteiger partial charge in [-0.3, -0.25) is 4.79 Å². The molecule has 21 heavy (non-hydrogen) atoms. The first-order valence-corrected chi connectivity index (χ1v) is 6.74. The van der Waals surface area contributed by atoms with Crippen molar-refractivity contribution in [3.05, 3.63) is 65.2 Å². The molecule has 0 aliphatic carbocycles. The Kier molecular flexibility index (Phi) is 4.68. The predicted octanol–water partition coefficient (Wildman–Crippen LogP) is 3.98. The van der Waals surface area contributed by atoms with E-state index in [4.69, 9.17) is 0 Å². The van der Waals surface area contributed by atoms with E-state index in [1.54, 1.807) is 0 Å². The third kappa shape index (κ3) is 3.66. The molecular weight excluding hydrogens is 272 g/mol. The second-order valence-electron chi connectivity index (χ2n) is 5.03. The van der Waals surface area contributed by atoms with Crippen LogP contribution in [0, 0.1) is 18.6 Å². The van der Waals surface area contributed by atoms with Gasteiger partial charge in [-0.05, 0) is 31.2 Å². The van der Waals surface area contributed by atoms with Crippen LogP contribution in [0.1, 0.15) is 22.3 Å². The monoisotopic (exact) mass is 289 g/mol. The zero-order valence-electron chi connectivity index (χ0n) is 12.1. The zero-order valence-corrected chi connectivity index (χ0v) is 12.1. The van der Waals surface area contributed by atoms with Crippen molar-refractivity contribution in [2.24, 2.45) is 0 Å². The van der Waals surface area contributed by atoms with E-state index in [1.807, 2.05) is 43.1 Å². The highest BCUT2D eigenvalue weighted by molar-refractivity contribution is 5.96. The van der Waals surface area contributed by atoms with Crippen LogP contribution in [-0.4, -0.2) is 19.4 Å². The lowest BCUT2D eigenvalue weighted by Crippen LogP contribution is -2.21. The fourth-order valence-electron chi connectivity index (χ4n) is 2.05. The molecule has 2 aromatic rings. The summed E-state index contributed by atoms with van der Waals surface area (Å²) in [6, 6.07) is 11.6. The van der Waals surface area contributed by atoms with Crippen molar-refractivity contribution in [2.75, 3.05) is 18.5 Å². The largest absolute Gasteiger partial charge is 0.374 e. The number of rotatable bonds is 5. The molecule has 0 radical (unpaired) electrons. The molecule has 0 spiro atoms. The topological polar surface area (TPSA) is 20.3 Å². The van der Waals surface area contributed by atoms with E-state index in [-0.39, 0.29) is 12.0 Å². The highest BCUT2D eigenvalue weighted by Crippen LogP contribution is 2.16. The van der Waals surface area contributed by atoms with Gasteiger partial charge in [-0.1, -0.05) is 23.8 Å². The third-order valence-electron chi connectivity index (χ3n) is 3.40. The van der Waals surface area contributed by atoms with Crippen LogP contribution in [0.25, 0.3) is 0 Å². The summed E-state index contributed by atoms with van der Waals surface area (Å²) in [6.45, 7) is 2.44. The summed E-state index contributed by atoms with van der Waals surface area (Å²) >= 11 is 0. The first-order valence-electron chi connectivity index (χ1n) is 6.74. The quantitative estimate of drug-likeness (QED) is 0.776. The van der Waals surface area contributed by atoms with Gasteiger partial charge < -0.3 is 4.90 Å². The minimum atomic E-state index is -1.07. The number of hydrogen-bond acceptors (Lipinski definition) is 2. The molecule has 0 heterocycles. The zero-order chi connectivity index (χ0) is 15.4. The van der Waals surface area contributed by atoms with E-state index < -0.39 is 17.4 Å².